The van der Waals surface area contributed by atoms with Crippen LogP contribution in [-0.4, -0.2) is 56.4 Å². The fourth-order valence-corrected chi connectivity index (χ4v) is 3.66. The summed E-state index contributed by atoms with van der Waals surface area (Å²) in [5.74, 6) is 1.45. The number of hydrogen-bond acceptors (Lipinski definition) is 6. The molecule has 30 heavy (non-hydrogen) atoms. The number of fused-ring (bicyclic) bond motifs is 3. The van der Waals surface area contributed by atoms with Gasteiger partial charge >= 0.3 is 0 Å². The number of ketones is 1. The molecule has 2 heterocycles. The van der Waals surface area contributed by atoms with Crippen molar-refractivity contribution in [2.24, 2.45) is 0 Å². The van der Waals surface area contributed by atoms with E-state index in [9.17, 15) is 4.79 Å². The summed E-state index contributed by atoms with van der Waals surface area (Å²) in [5, 5.41) is 12.0. The van der Waals surface area contributed by atoms with Gasteiger partial charge in [-0.1, -0.05) is 44.2 Å². The topological polar surface area (TPSA) is 75.4 Å². The zero-order valence-electron chi connectivity index (χ0n) is 17.6. The van der Waals surface area contributed by atoms with Crippen LogP contribution in [0.15, 0.2) is 48.5 Å². The summed E-state index contributed by atoms with van der Waals surface area (Å²) < 4.78 is 1.96. The van der Waals surface area contributed by atoms with Crippen molar-refractivity contribution in [1.82, 2.24) is 24.5 Å². The van der Waals surface area contributed by atoms with E-state index in [1.165, 1.54) is 0 Å². The second-order valence-corrected chi connectivity index (χ2v) is 7.22. The van der Waals surface area contributed by atoms with E-state index in [0.29, 0.717) is 22.6 Å². The summed E-state index contributed by atoms with van der Waals surface area (Å²) in [5.41, 5.74) is 3.57. The van der Waals surface area contributed by atoms with E-state index >= 15 is 0 Å². The third-order valence-electron chi connectivity index (χ3n) is 5.40. The van der Waals surface area contributed by atoms with Gasteiger partial charge in [-0.25, -0.2) is 4.98 Å². The molecule has 4 rings (SSSR count). The summed E-state index contributed by atoms with van der Waals surface area (Å²) in [6, 6.07) is 14.9. The number of nitrogens with zero attached hydrogens (tertiary/aromatic N) is 5. The molecule has 0 bridgehead atoms. The Morgan fingerprint density at radius 2 is 1.80 bits per heavy atom. The van der Waals surface area contributed by atoms with Crippen LogP contribution < -0.4 is 5.32 Å². The molecule has 0 amide bonds. The Balaban J connectivity index is 1.72. The molecule has 0 atom stereocenters. The van der Waals surface area contributed by atoms with Crippen molar-refractivity contribution in [2.75, 3.05) is 31.5 Å². The lowest BCUT2D eigenvalue weighted by Gasteiger charge is -2.18. The average molecular weight is 403 g/mol. The van der Waals surface area contributed by atoms with Gasteiger partial charge in [-0.05, 0) is 38.2 Å². The van der Waals surface area contributed by atoms with Crippen LogP contribution >= 0.6 is 0 Å². The first kappa shape index (κ1) is 20.0. The molecule has 0 aliphatic rings. The molecule has 0 saturated heterocycles. The lowest BCUT2D eigenvalue weighted by molar-refractivity contribution is 0.103. The van der Waals surface area contributed by atoms with Crippen molar-refractivity contribution in [2.45, 2.75) is 20.8 Å². The molecule has 154 valence electrons. The highest BCUT2D eigenvalue weighted by molar-refractivity contribution is 6.10. The van der Waals surface area contributed by atoms with Crippen LogP contribution in [0.4, 0.5) is 5.82 Å². The summed E-state index contributed by atoms with van der Waals surface area (Å²) >= 11 is 0. The lowest BCUT2D eigenvalue weighted by Crippen LogP contribution is -2.28. The molecule has 0 aliphatic heterocycles. The van der Waals surface area contributed by atoms with Crippen LogP contribution in [0.3, 0.4) is 0 Å². The maximum absolute atomic E-state index is 12.9. The van der Waals surface area contributed by atoms with Crippen LogP contribution in [0, 0.1) is 6.92 Å². The van der Waals surface area contributed by atoms with E-state index in [0.717, 1.165) is 43.0 Å². The van der Waals surface area contributed by atoms with Crippen molar-refractivity contribution in [1.29, 1.82) is 0 Å². The predicted molar refractivity (Wildman–Crippen MR) is 119 cm³/mol. The third-order valence-corrected chi connectivity index (χ3v) is 5.40. The molecule has 2 aromatic heterocycles. The normalized spacial score (nSPS) is 11.5. The molecule has 0 spiro atoms. The van der Waals surface area contributed by atoms with Gasteiger partial charge in [-0.3, -0.25) is 9.20 Å². The molecule has 2 aromatic carbocycles. The SMILES string of the molecule is CCN(CC)CCNc1nc2ccc(C(=O)c3ccccc3)cc2n2c(C)nnc12. The fourth-order valence-electron chi connectivity index (χ4n) is 3.66. The van der Waals surface area contributed by atoms with Crippen molar-refractivity contribution in [3.05, 3.63) is 65.5 Å². The van der Waals surface area contributed by atoms with Gasteiger partial charge in [-0.15, -0.1) is 10.2 Å². The second kappa shape index (κ2) is 8.59. The summed E-state index contributed by atoms with van der Waals surface area (Å²) in [7, 11) is 0. The number of nitrogens with one attached hydrogen (secondary N) is 1. The fraction of sp³-hybridized carbons (Fsp3) is 0.304. The number of anilines is 1. The molecular weight excluding hydrogens is 376 g/mol. The molecule has 4 aromatic rings. The Labute approximate surface area is 175 Å². The van der Waals surface area contributed by atoms with Gasteiger partial charge in [0, 0.05) is 24.2 Å². The summed E-state index contributed by atoms with van der Waals surface area (Å²) in [4.78, 5) is 20.0. The van der Waals surface area contributed by atoms with Crippen LogP contribution in [0.25, 0.3) is 16.7 Å². The highest BCUT2D eigenvalue weighted by atomic mass is 16.1. The minimum Gasteiger partial charge on any atom is -0.366 e. The van der Waals surface area contributed by atoms with E-state index in [1.54, 1.807) is 0 Å². The van der Waals surface area contributed by atoms with Gasteiger partial charge in [0.2, 0.25) is 5.65 Å². The molecule has 0 fully saturated rings. The third kappa shape index (κ3) is 3.76. The monoisotopic (exact) mass is 402 g/mol. The molecule has 7 heteroatoms. The van der Waals surface area contributed by atoms with Crippen molar-refractivity contribution < 1.29 is 4.79 Å². The van der Waals surface area contributed by atoms with Crippen molar-refractivity contribution in [3.8, 4) is 0 Å². The van der Waals surface area contributed by atoms with Gasteiger partial charge in [0.1, 0.15) is 5.82 Å². The zero-order chi connectivity index (χ0) is 21.1. The Hall–Kier alpha value is -3.32. The van der Waals surface area contributed by atoms with E-state index in [-0.39, 0.29) is 5.78 Å². The molecule has 0 radical (unpaired) electrons. The standard InChI is InChI=1S/C23H26N6O/c1-4-28(5-2)14-13-24-22-23-27-26-16(3)29(23)20-15-18(11-12-19(20)25-22)21(30)17-9-7-6-8-10-17/h6-12,15H,4-5,13-14H2,1-3H3,(H,24,25). The molecule has 0 saturated carbocycles. The Bertz CT molecular complexity index is 1180. The molecule has 0 unspecified atom stereocenters. The largest absolute Gasteiger partial charge is 0.366 e. The molecule has 1 N–H and O–H groups in total. The number of carbonyl (C=O) groups excluding carboxylic acids is 1. The van der Waals surface area contributed by atoms with Crippen LogP contribution in [0.5, 0.6) is 0 Å². The van der Waals surface area contributed by atoms with E-state index < -0.39 is 0 Å². The maximum atomic E-state index is 12.9. The van der Waals surface area contributed by atoms with Gasteiger partial charge in [-0.2, -0.15) is 0 Å². The maximum Gasteiger partial charge on any atom is 0.204 e. The van der Waals surface area contributed by atoms with E-state index in [1.807, 2.05) is 59.9 Å². The second-order valence-electron chi connectivity index (χ2n) is 7.22. The smallest absolute Gasteiger partial charge is 0.204 e. The first-order chi connectivity index (χ1) is 14.6. The Kier molecular flexibility index (Phi) is 5.72. The minimum absolute atomic E-state index is 0.0159. The van der Waals surface area contributed by atoms with E-state index in [4.69, 9.17) is 4.98 Å². The first-order valence-corrected chi connectivity index (χ1v) is 10.3. The average Bonchev–Trinajstić information content (AvgIpc) is 3.18. The number of benzene rings is 2. The zero-order valence-corrected chi connectivity index (χ0v) is 17.6. The van der Waals surface area contributed by atoms with Crippen LogP contribution in [0.2, 0.25) is 0 Å². The van der Waals surface area contributed by atoms with Gasteiger partial charge in [0.05, 0.1) is 11.0 Å². The number of rotatable bonds is 8. The van der Waals surface area contributed by atoms with Gasteiger partial charge in [0.25, 0.3) is 0 Å². The lowest BCUT2D eigenvalue weighted by atomic mass is 10.0. The summed E-state index contributed by atoms with van der Waals surface area (Å²) in [6.07, 6.45) is 0. The molecule has 7 nitrogen and oxygen atoms in total. The van der Waals surface area contributed by atoms with Gasteiger partial charge < -0.3 is 10.2 Å². The number of hydrogen-bond donors (Lipinski definition) is 1. The highest BCUT2D eigenvalue weighted by Gasteiger charge is 2.16. The van der Waals surface area contributed by atoms with E-state index in [2.05, 4.69) is 34.3 Å². The van der Waals surface area contributed by atoms with Crippen molar-refractivity contribution in [3.63, 3.8) is 0 Å². The number of likely N-dealkylation sites (N-methyl/N-ethyl adjacent to an activating group) is 1. The summed E-state index contributed by atoms with van der Waals surface area (Å²) in [6.45, 7) is 9.95. The number of carbonyl (C=O) groups is 1. The number of aryl methyl sites for hydroxylation is 1. The quantitative estimate of drug-likeness (QED) is 0.454. The van der Waals surface area contributed by atoms with Gasteiger partial charge in [0.15, 0.2) is 11.6 Å². The number of aromatic nitrogens is 4. The highest BCUT2D eigenvalue weighted by Crippen LogP contribution is 2.23. The Morgan fingerprint density at radius 1 is 1.03 bits per heavy atom. The minimum atomic E-state index is -0.0159. The van der Waals surface area contributed by atoms with Crippen LogP contribution in [0.1, 0.15) is 35.6 Å². The first-order valence-electron chi connectivity index (χ1n) is 10.3. The van der Waals surface area contributed by atoms with Crippen LogP contribution in [-0.2, 0) is 0 Å². The molecule has 0 aliphatic carbocycles. The predicted octanol–water partition coefficient (Wildman–Crippen LogP) is 3.57. The van der Waals surface area contributed by atoms with Crippen molar-refractivity contribution >= 4 is 28.3 Å². The Morgan fingerprint density at radius 3 is 2.53 bits per heavy atom. The molecular formula is C23H26N6O.